The number of nitrogens with one attached hydrogen (secondary N) is 3. The maximum Gasteiger partial charge on any atom is 0.241 e. The maximum absolute atomic E-state index is 13.0. The smallest absolute Gasteiger partial charge is 0.241 e. The number of aromatic nitrogens is 2. The average Bonchev–Trinajstić information content (AvgIpc) is 3.33. The van der Waals surface area contributed by atoms with Gasteiger partial charge in [0.05, 0.1) is 11.7 Å². The molecule has 5 rings (SSSR count). The molecule has 0 saturated carbocycles. The topological polar surface area (TPSA) is 73.1 Å². The van der Waals surface area contributed by atoms with Crippen LogP contribution in [0, 0.1) is 0 Å². The van der Waals surface area contributed by atoms with Crippen LogP contribution in [-0.2, 0) is 17.8 Å². The minimum atomic E-state index is -0.214. The molecule has 3 aromatic rings. The molecule has 0 bridgehead atoms. The second-order valence-corrected chi connectivity index (χ2v) is 7.02. The van der Waals surface area contributed by atoms with Gasteiger partial charge in [0.25, 0.3) is 0 Å². The maximum atomic E-state index is 13.0. The van der Waals surface area contributed by atoms with Crippen molar-refractivity contribution in [2.24, 2.45) is 0 Å². The van der Waals surface area contributed by atoms with Crippen molar-refractivity contribution in [3.05, 3.63) is 65.6 Å². The summed E-state index contributed by atoms with van der Waals surface area (Å²) in [6, 6.07) is 14.0. The van der Waals surface area contributed by atoms with Gasteiger partial charge in [-0.15, -0.1) is 0 Å². The summed E-state index contributed by atoms with van der Waals surface area (Å²) in [5.74, 6) is 0.159. The molecule has 4 heterocycles. The van der Waals surface area contributed by atoms with Crippen LogP contribution in [0.3, 0.4) is 0 Å². The zero-order chi connectivity index (χ0) is 17.5. The van der Waals surface area contributed by atoms with Crippen LogP contribution >= 0.6 is 0 Å². The van der Waals surface area contributed by atoms with E-state index in [-0.39, 0.29) is 18.0 Å². The first-order valence-corrected chi connectivity index (χ1v) is 9.09. The molecule has 0 radical (unpaired) electrons. The van der Waals surface area contributed by atoms with Gasteiger partial charge in [0.1, 0.15) is 6.04 Å². The molecule has 1 fully saturated rings. The number of hydrogen-bond donors (Lipinski definition) is 3. The monoisotopic (exact) mass is 347 g/mol. The molecule has 1 amide bonds. The van der Waals surface area contributed by atoms with E-state index in [0.29, 0.717) is 13.0 Å². The fourth-order valence-corrected chi connectivity index (χ4v) is 4.07. The van der Waals surface area contributed by atoms with Gasteiger partial charge < -0.3 is 9.88 Å². The third kappa shape index (κ3) is 2.58. The lowest BCUT2D eigenvalue weighted by Gasteiger charge is -2.29. The predicted molar refractivity (Wildman–Crippen MR) is 99.1 cm³/mol. The highest BCUT2D eigenvalue weighted by molar-refractivity contribution is 5.87. The Kier molecular flexibility index (Phi) is 3.72. The van der Waals surface area contributed by atoms with E-state index in [1.165, 1.54) is 16.6 Å². The number of amides is 1. The minimum Gasteiger partial charge on any atom is -0.358 e. The third-order valence-corrected chi connectivity index (χ3v) is 5.44. The molecule has 2 aromatic heterocycles. The van der Waals surface area contributed by atoms with Gasteiger partial charge in [0.15, 0.2) is 0 Å². The van der Waals surface area contributed by atoms with E-state index in [1.807, 2.05) is 29.2 Å². The van der Waals surface area contributed by atoms with Crippen LogP contribution in [0.15, 0.2) is 48.7 Å². The Morgan fingerprint density at radius 3 is 2.88 bits per heavy atom. The number of pyridine rings is 1. The van der Waals surface area contributed by atoms with Crippen molar-refractivity contribution in [3.63, 3.8) is 0 Å². The van der Waals surface area contributed by atoms with Crippen molar-refractivity contribution in [1.82, 2.24) is 25.7 Å². The quantitative estimate of drug-likeness (QED) is 0.663. The van der Waals surface area contributed by atoms with E-state index in [0.717, 1.165) is 24.2 Å². The Morgan fingerprint density at radius 1 is 1.12 bits per heavy atom. The Morgan fingerprint density at radius 2 is 2.00 bits per heavy atom. The number of hydrogen-bond acceptors (Lipinski definition) is 4. The number of benzene rings is 1. The number of carbonyl (C=O) groups excluding carboxylic acids is 1. The van der Waals surface area contributed by atoms with Crippen LogP contribution in [0.1, 0.15) is 29.4 Å². The normalized spacial score (nSPS) is 22.5. The molecule has 1 aromatic carbocycles. The molecular formula is C20H21N5O. The average molecular weight is 347 g/mol. The highest BCUT2D eigenvalue weighted by Gasteiger charge is 2.35. The van der Waals surface area contributed by atoms with Crippen molar-refractivity contribution in [1.29, 1.82) is 0 Å². The molecule has 2 aliphatic rings. The van der Waals surface area contributed by atoms with Crippen LogP contribution in [0.4, 0.5) is 0 Å². The number of fused-ring (bicyclic) bond motifs is 3. The first-order valence-electron chi connectivity index (χ1n) is 9.09. The van der Waals surface area contributed by atoms with Crippen LogP contribution in [0.5, 0.6) is 0 Å². The third-order valence-electron chi connectivity index (χ3n) is 5.44. The summed E-state index contributed by atoms with van der Waals surface area (Å²) in [6.45, 7) is 1.43. The lowest BCUT2D eigenvalue weighted by atomic mass is 10.0. The lowest BCUT2D eigenvalue weighted by Crippen LogP contribution is -2.47. The van der Waals surface area contributed by atoms with E-state index >= 15 is 0 Å². The van der Waals surface area contributed by atoms with Crippen molar-refractivity contribution >= 4 is 16.8 Å². The molecule has 3 N–H and O–H groups in total. The molecule has 6 heteroatoms. The van der Waals surface area contributed by atoms with E-state index in [1.54, 1.807) is 6.20 Å². The molecule has 2 unspecified atom stereocenters. The molecule has 2 atom stereocenters. The van der Waals surface area contributed by atoms with Crippen molar-refractivity contribution in [2.45, 2.75) is 31.5 Å². The summed E-state index contributed by atoms with van der Waals surface area (Å²) < 4.78 is 0. The van der Waals surface area contributed by atoms with Crippen molar-refractivity contribution in [3.8, 4) is 0 Å². The summed E-state index contributed by atoms with van der Waals surface area (Å²) in [5.41, 5.74) is 11.0. The number of H-pyrrole nitrogens is 1. The summed E-state index contributed by atoms with van der Waals surface area (Å²) >= 11 is 0. The summed E-state index contributed by atoms with van der Waals surface area (Å²) in [7, 11) is 0. The second kappa shape index (κ2) is 6.23. The zero-order valence-electron chi connectivity index (χ0n) is 14.4. The van der Waals surface area contributed by atoms with Gasteiger partial charge >= 0.3 is 0 Å². The lowest BCUT2D eigenvalue weighted by molar-refractivity contribution is -0.134. The molecule has 0 spiro atoms. The molecule has 26 heavy (non-hydrogen) atoms. The number of aromatic amines is 1. The van der Waals surface area contributed by atoms with Gasteiger partial charge in [-0.25, -0.2) is 10.9 Å². The van der Waals surface area contributed by atoms with Gasteiger partial charge in [0.2, 0.25) is 5.91 Å². The van der Waals surface area contributed by atoms with E-state index in [2.05, 4.69) is 39.0 Å². The predicted octanol–water partition coefficient (Wildman–Crippen LogP) is 2.06. The largest absolute Gasteiger partial charge is 0.358 e. The molecular weight excluding hydrogens is 326 g/mol. The number of hydrazine groups is 1. The Labute approximate surface area is 151 Å². The number of nitrogens with zero attached hydrogens (tertiary/aromatic N) is 2. The Hall–Kier alpha value is -2.70. The number of rotatable bonds is 2. The molecule has 0 aliphatic carbocycles. The molecule has 6 nitrogen and oxygen atoms in total. The van der Waals surface area contributed by atoms with Gasteiger partial charge in [-0.1, -0.05) is 24.3 Å². The number of carbonyl (C=O) groups is 1. The van der Waals surface area contributed by atoms with E-state index in [4.69, 9.17) is 0 Å². The highest BCUT2D eigenvalue weighted by atomic mass is 16.2. The standard InChI is InChI=1S/C20H21N5O/c26-20(19-11-18(23-24-19)17-7-3-4-9-21-17)25-10-8-16-14(12-25)13-5-1-2-6-15(13)22-16/h1-7,9,18-19,22-24H,8,10-12H2. The molecule has 2 aliphatic heterocycles. The van der Waals surface area contributed by atoms with Crippen molar-refractivity contribution < 1.29 is 4.79 Å². The van der Waals surface area contributed by atoms with Gasteiger partial charge in [-0.2, -0.15) is 0 Å². The second-order valence-electron chi connectivity index (χ2n) is 7.02. The summed E-state index contributed by atoms with van der Waals surface area (Å²) in [6.07, 6.45) is 3.38. The first kappa shape index (κ1) is 15.5. The Bertz CT molecular complexity index is 951. The highest BCUT2D eigenvalue weighted by Crippen LogP contribution is 2.29. The fourth-order valence-electron chi connectivity index (χ4n) is 4.07. The summed E-state index contributed by atoms with van der Waals surface area (Å²) in [5, 5.41) is 1.23. The van der Waals surface area contributed by atoms with Crippen LogP contribution < -0.4 is 10.9 Å². The number of para-hydroxylation sites is 1. The van der Waals surface area contributed by atoms with Gasteiger partial charge in [-0.3, -0.25) is 9.78 Å². The van der Waals surface area contributed by atoms with E-state index in [9.17, 15) is 4.79 Å². The Balaban J connectivity index is 1.33. The first-order chi connectivity index (χ1) is 12.8. The molecule has 1 saturated heterocycles. The van der Waals surface area contributed by atoms with Crippen LogP contribution in [0.25, 0.3) is 10.9 Å². The SMILES string of the molecule is O=C(C1CC(c2ccccn2)NN1)N1CCc2[nH]c3ccccc3c2C1. The van der Waals surface area contributed by atoms with E-state index < -0.39 is 0 Å². The van der Waals surface area contributed by atoms with Crippen molar-refractivity contribution in [2.75, 3.05) is 6.54 Å². The molecule has 132 valence electrons. The minimum absolute atomic E-state index is 0.0681. The zero-order valence-corrected chi connectivity index (χ0v) is 14.4. The summed E-state index contributed by atoms with van der Waals surface area (Å²) in [4.78, 5) is 22.9. The van der Waals surface area contributed by atoms with Crippen LogP contribution in [-0.4, -0.2) is 33.4 Å². The fraction of sp³-hybridized carbons (Fsp3) is 0.300. The van der Waals surface area contributed by atoms with Crippen LogP contribution in [0.2, 0.25) is 0 Å². The van der Waals surface area contributed by atoms with Gasteiger partial charge in [-0.05, 0) is 24.6 Å². The van der Waals surface area contributed by atoms with Gasteiger partial charge in [0, 0.05) is 47.9 Å².